The summed E-state index contributed by atoms with van der Waals surface area (Å²) in [6.45, 7) is 0. The Morgan fingerprint density at radius 2 is 2.13 bits per heavy atom. The Hall–Kier alpha value is -1.77. The quantitative estimate of drug-likeness (QED) is 0.554. The largest absolute Gasteiger partial charge is 0.497 e. The Labute approximate surface area is 90.0 Å². The van der Waals surface area contributed by atoms with Gasteiger partial charge in [-0.2, -0.15) is 0 Å². The van der Waals surface area contributed by atoms with Gasteiger partial charge >= 0.3 is 0 Å². The molecule has 1 rings (SSSR count). The molecule has 0 spiro atoms. The van der Waals surface area contributed by atoms with Gasteiger partial charge in [-0.15, -0.1) is 0 Å². The molecule has 0 fully saturated rings. The van der Waals surface area contributed by atoms with Crippen molar-refractivity contribution in [1.82, 2.24) is 4.90 Å². The number of hydrogen-bond donors (Lipinski definition) is 0. The van der Waals surface area contributed by atoms with Crippen LogP contribution in [0.5, 0.6) is 5.75 Å². The van der Waals surface area contributed by atoms with E-state index in [2.05, 4.69) is 0 Å². The van der Waals surface area contributed by atoms with E-state index < -0.39 is 0 Å². The van der Waals surface area contributed by atoms with Crippen molar-refractivity contribution in [3.63, 3.8) is 0 Å². The highest BCUT2D eigenvalue weighted by Gasteiger charge is 2.01. The van der Waals surface area contributed by atoms with E-state index in [1.165, 1.54) is 0 Å². The second-order valence-corrected chi connectivity index (χ2v) is 3.40. The molecule has 0 bridgehead atoms. The summed E-state index contributed by atoms with van der Waals surface area (Å²) < 4.78 is 5.10. The smallest absolute Gasteiger partial charge is 0.152 e. The Morgan fingerprint density at radius 3 is 2.67 bits per heavy atom. The SMILES string of the molecule is COc1cccc(C(C=O)=CN(C)C)c1. The molecule has 0 aliphatic carbocycles. The van der Waals surface area contributed by atoms with Gasteiger partial charge < -0.3 is 9.64 Å². The van der Waals surface area contributed by atoms with Gasteiger partial charge in [0.2, 0.25) is 0 Å². The number of carbonyl (C=O) groups is 1. The van der Waals surface area contributed by atoms with Gasteiger partial charge in [0.15, 0.2) is 6.29 Å². The normalized spacial score (nSPS) is 11.0. The van der Waals surface area contributed by atoms with Crippen molar-refractivity contribution < 1.29 is 9.53 Å². The van der Waals surface area contributed by atoms with Gasteiger partial charge in [-0.25, -0.2) is 0 Å². The molecule has 3 heteroatoms. The van der Waals surface area contributed by atoms with Crippen molar-refractivity contribution in [2.75, 3.05) is 21.2 Å². The lowest BCUT2D eigenvalue weighted by Gasteiger charge is -2.08. The van der Waals surface area contributed by atoms with Crippen LogP contribution in [0.1, 0.15) is 5.56 Å². The van der Waals surface area contributed by atoms with Crippen molar-refractivity contribution in [3.05, 3.63) is 36.0 Å². The number of benzene rings is 1. The number of carbonyl (C=O) groups excluding carboxylic acids is 1. The minimum atomic E-state index is 0.638. The van der Waals surface area contributed by atoms with Crippen molar-refractivity contribution in [3.8, 4) is 5.75 Å². The molecule has 1 aromatic rings. The first-order valence-electron chi connectivity index (χ1n) is 4.65. The van der Waals surface area contributed by atoms with E-state index in [0.717, 1.165) is 17.6 Å². The summed E-state index contributed by atoms with van der Waals surface area (Å²) in [5, 5.41) is 0. The van der Waals surface area contributed by atoms with Gasteiger partial charge in [0.05, 0.1) is 7.11 Å². The standard InChI is InChI=1S/C12H15NO2/c1-13(2)8-11(9-14)10-5-4-6-12(7-10)15-3/h4-9H,1-3H3. The van der Waals surface area contributed by atoms with E-state index in [-0.39, 0.29) is 0 Å². The first kappa shape index (κ1) is 11.3. The number of aldehydes is 1. The molecule has 0 radical (unpaired) electrons. The molecule has 15 heavy (non-hydrogen) atoms. The fourth-order valence-electron chi connectivity index (χ4n) is 1.25. The van der Waals surface area contributed by atoms with E-state index in [4.69, 9.17) is 4.74 Å². The summed E-state index contributed by atoms with van der Waals surface area (Å²) in [5.74, 6) is 0.749. The molecule has 80 valence electrons. The number of rotatable bonds is 4. The minimum absolute atomic E-state index is 0.638. The molecule has 0 amide bonds. The van der Waals surface area contributed by atoms with Gasteiger partial charge in [0.25, 0.3) is 0 Å². The summed E-state index contributed by atoms with van der Waals surface area (Å²) in [7, 11) is 5.36. The number of ether oxygens (including phenoxy) is 1. The number of nitrogens with zero attached hydrogens (tertiary/aromatic N) is 1. The average molecular weight is 205 g/mol. The second-order valence-electron chi connectivity index (χ2n) is 3.40. The summed E-state index contributed by atoms with van der Waals surface area (Å²) in [4.78, 5) is 12.7. The lowest BCUT2D eigenvalue weighted by Crippen LogP contribution is -2.03. The summed E-state index contributed by atoms with van der Waals surface area (Å²) in [5.41, 5.74) is 1.50. The molecular formula is C12H15NO2. The van der Waals surface area contributed by atoms with Crippen LogP contribution in [0.15, 0.2) is 30.5 Å². The second kappa shape index (κ2) is 5.20. The molecule has 1 aromatic carbocycles. The molecule has 3 nitrogen and oxygen atoms in total. The van der Waals surface area contributed by atoms with Crippen LogP contribution in [0.3, 0.4) is 0 Å². The lowest BCUT2D eigenvalue weighted by molar-refractivity contribution is -0.103. The van der Waals surface area contributed by atoms with Gasteiger partial charge in [-0.3, -0.25) is 4.79 Å². The highest BCUT2D eigenvalue weighted by atomic mass is 16.5. The van der Waals surface area contributed by atoms with E-state index >= 15 is 0 Å². The third kappa shape index (κ3) is 3.13. The molecule has 0 saturated carbocycles. The Kier molecular flexibility index (Phi) is 3.92. The first-order valence-corrected chi connectivity index (χ1v) is 4.65. The predicted molar refractivity (Wildman–Crippen MR) is 60.7 cm³/mol. The first-order chi connectivity index (χ1) is 7.17. The van der Waals surface area contributed by atoms with Crippen LogP contribution in [0.25, 0.3) is 5.57 Å². The van der Waals surface area contributed by atoms with Crippen LogP contribution < -0.4 is 4.74 Å². The molecule has 0 atom stereocenters. The minimum Gasteiger partial charge on any atom is -0.497 e. The maximum atomic E-state index is 10.9. The van der Waals surface area contributed by atoms with Gasteiger partial charge in [-0.05, 0) is 17.7 Å². The molecule has 0 aromatic heterocycles. The van der Waals surface area contributed by atoms with Crippen LogP contribution in [0.2, 0.25) is 0 Å². The monoisotopic (exact) mass is 205 g/mol. The zero-order valence-electron chi connectivity index (χ0n) is 9.23. The van der Waals surface area contributed by atoms with Crippen LogP contribution in [0.4, 0.5) is 0 Å². The molecule has 0 saturated heterocycles. The third-order valence-electron chi connectivity index (χ3n) is 1.93. The van der Waals surface area contributed by atoms with Gasteiger partial charge in [0.1, 0.15) is 5.75 Å². The molecule has 0 heterocycles. The zero-order chi connectivity index (χ0) is 11.3. The lowest BCUT2D eigenvalue weighted by atomic mass is 10.1. The molecule has 0 aliphatic rings. The number of methoxy groups -OCH3 is 1. The Balaban J connectivity index is 3.07. The van der Waals surface area contributed by atoms with E-state index in [1.807, 2.05) is 43.3 Å². The topological polar surface area (TPSA) is 29.5 Å². The summed E-state index contributed by atoms with van der Waals surface area (Å²) in [6, 6.07) is 7.43. The maximum Gasteiger partial charge on any atom is 0.152 e. The maximum absolute atomic E-state index is 10.9. The van der Waals surface area contributed by atoms with Crippen LogP contribution in [-0.4, -0.2) is 32.4 Å². The zero-order valence-corrected chi connectivity index (χ0v) is 9.23. The van der Waals surface area contributed by atoms with Gasteiger partial charge in [-0.1, -0.05) is 12.1 Å². The van der Waals surface area contributed by atoms with E-state index in [1.54, 1.807) is 13.3 Å². The fourth-order valence-corrected chi connectivity index (χ4v) is 1.25. The van der Waals surface area contributed by atoms with Crippen LogP contribution in [-0.2, 0) is 4.79 Å². The highest BCUT2D eigenvalue weighted by Crippen LogP contribution is 2.18. The predicted octanol–water partition coefficient (Wildman–Crippen LogP) is 1.80. The van der Waals surface area contributed by atoms with Gasteiger partial charge in [0, 0.05) is 25.9 Å². The van der Waals surface area contributed by atoms with Crippen molar-refractivity contribution in [2.24, 2.45) is 0 Å². The van der Waals surface area contributed by atoms with E-state index in [0.29, 0.717) is 5.57 Å². The molecular weight excluding hydrogens is 190 g/mol. The summed E-state index contributed by atoms with van der Waals surface area (Å²) in [6.07, 6.45) is 2.62. The van der Waals surface area contributed by atoms with Crippen molar-refractivity contribution >= 4 is 11.9 Å². The Bertz CT molecular complexity index is 370. The van der Waals surface area contributed by atoms with E-state index in [9.17, 15) is 4.79 Å². The number of hydrogen-bond acceptors (Lipinski definition) is 3. The molecule has 0 N–H and O–H groups in total. The average Bonchev–Trinajstić information content (AvgIpc) is 2.25. The van der Waals surface area contributed by atoms with Crippen LogP contribution in [0, 0.1) is 0 Å². The van der Waals surface area contributed by atoms with Crippen molar-refractivity contribution in [2.45, 2.75) is 0 Å². The fraction of sp³-hybridized carbons (Fsp3) is 0.250. The Morgan fingerprint density at radius 1 is 1.40 bits per heavy atom. The van der Waals surface area contributed by atoms with Crippen molar-refractivity contribution in [1.29, 1.82) is 0 Å². The molecule has 0 aliphatic heterocycles. The van der Waals surface area contributed by atoms with Crippen LogP contribution >= 0.6 is 0 Å². The third-order valence-corrected chi connectivity index (χ3v) is 1.93. The summed E-state index contributed by atoms with van der Waals surface area (Å²) >= 11 is 0. The number of allylic oxidation sites excluding steroid dienone is 1. The highest BCUT2D eigenvalue weighted by molar-refractivity contribution is 6.06. The molecule has 0 unspecified atom stereocenters.